The summed E-state index contributed by atoms with van der Waals surface area (Å²) in [4.78, 5) is 27.8. The lowest BCUT2D eigenvalue weighted by Gasteiger charge is -2.31. The Labute approximate surface area is 109 Å². The van der Waals surface area contributed by atoms with E-state index in [-0.39, 0.29) is 5.91 Å². The number of aromatic amines is 1. The Balaban J connectivity index is 1.90. The van der Waals surface area contributed by atoms with E-state index in [4.69, 9.17) is 4.42 Å². The molecule has 2 heterocycles. The summed E-state index contributed by atoms with van der Waals surface area (Å²) < 4.78 is 4.92. The van der Waals surface area contributed by atoms with Gasteiger partial charge in [-0.15, -0.1) is 0 Å². The quantitative estimate of drug-likeness (QED) is 0.786. The van der Waals surface area contributed by atoms with Crippen LogP contribution in [0.5, 0.6) is 0 Å². The Morgan fingerprint density at radius 2 is 2.32 bits per heavy atom. The molecule has 6 nitrogen and oxygen atoms in total. The second kappa shape index (κ2) is 4.55. The average molecular weight is 261 g/mol. The van der Waals surface area contributed by atoms with E-state index >= 15 is 0 Å². The standard InChI is InChI=1S/C13H15N3O3/c1-8-7-16(5-4-14-8)12(17)9-2-3-11-10(6-9)15-13(18)19-11/h2-3,6,8,14H,4-5,7H2,1H3,(H,15,18). The summed E-state index contributed by atoms with van der Waals surface area (Å²) >= 11 is 0. The Bertz CT molecular complexity index is 673. The number of fused-ring (bicyclic) bond motifs is 1. The van der Waals surface area contributed by atoms with Crippen LogP contribution in [0.15, 0.2) is 27.4 Å². The zero-order valence-corrected chi connectivity index (χ0v) is 10.6. The first-order valence-corrected chi connectivity index (χ1v) is 6.29. The molecule has 1 unspecified atom stereocenters. The molecular formula is C13H15N3O3. The average Bonchev–Trinajstić information content (AvgIpc) is 2.76. The van der Waals surface area contributed by atoms with Crippen LogP contribution in [0.2, 0.25) is 0 Å². The van der Waals surface area contributed by atoms with Gasteiger partial charge in [0.05, 0.1) is 5.52 Å². The molecule has 1 aliphatic heterocycles. The highest BCUT2D eigenvalue weighted by molar-refractivity contribution is 5.97. The van der Waals surface area contributed by atoms with Gasteiger partial charge in [-0.25, -0.2) is 4.79 Å². The molecule has 2 N–H and O–H groups in total. The maximum absolute atomic E-state index is 12.4. The number of nitrogens with one attached hydrogen (secondary N) is 2. The highest BCUT2D eigenvalue weighted by Crippen LogP contribution is 2.14. The molecule has 1 fully saturated rings. The fourth-order valence-electron chi connectivity index (χ4n) is 2.38. The predicted octanol–water partition coefficient (Wildman–Crippen LogP) is 0.555. The molecule has 1 amide bonds. The minimum atomic E-state index is -0.504. The van der Waals surface area contributed by atoms with Crippen molar-refractivity contribution in [1.29, 1.82) is 0 Å². The van der Waals surface area contributed by atoms with Crippen LogP contribution in [0.1, 0.15) is 17.3 Å². The number of H-pyrrole nitrogens is 1. The number of carbonyl (C=O) groups excluding carboxylic acids is 1. The minimum Gasteiger partial charge on any atom is -0.408 e. The van der Waals surface area contributed by atoms with Crippen LogP contribution in [0.4, 0.5) is 0 Å². The monoisotopic (exact) mass is 261 g/mol. The van der Waals surface area contributed by atoms with E-state index < -0.39 is 5.76 Å². The van der Waals surface area contributed by atoms with E-state index in [0.717, 1.165) is 6.54 Å². The van der Waals surface area contributed by atoms with Crippen molar-refractivity contribution in [3.05, 3.63) is 34.3 Å². The number of amides is 1. The molecule has 1 aromatic heterocycles. The lowest BCUT2D eigenvalue weighted by Crippen LogP contribution is -2.51. The molecule has 1 saturated heterocycles. The maximum atomic E-state index is 12.4. The van der Waals surface area contributed by atoms with E-state index in [1.165, 1.54) is 0 Å². The number of hydrogen-bond donors (Lipinski definition) is 2. The smallest absolute Gasteiger partial charge is 0.408 e. The van der Waals surface area contributed by atoms with E-state index in [1.807, 2.05) is 4.90 Å². The van der Waals surface area contributed by atoms with Crippen molar-refractivity contribution in [3.8, 4) is 0 Å². The van der Waals surface area contributed by atoms with Gasteiger partial charge in [-0.3, -0.25) is 9.78 Å². The first kappa shape index (κ1) is 12.0. The molecule has 0 bridgehead atoms. The van der Waals surface area contributed by atoms with Gasteiger partial charge in [0, 0.05) is 31.2 Å². The van der Waals surface area contributed by atoms with Crippen molar-refractivity contribution >= 4 is 17.0 Å². The minimum absolute atomic E-state index is 0.0164. The topological polar surface area (TPSA) is 78.3 Å². The normalized spacial score (nSPS) is 19.8. The van der Waals surface area contributed by atoms with Gasteiger partial charge in [0.15, 0.2) is 5.58 Å². The van der Waals surface area contributed by atoms with Crippen LogP contribution in [0, 0.1) is 0 Å². The van der Waals surface area contributed by atoms with Crippen molar-refractivity contribution in [2.75, 3.05) is 19.6 Å². The van der Waals surface area contributed by atoms with Gasteiger partial charge in [-0.1, -0.05) is 0 Å². The maximum Gasteiger partial charge on any atom is 0.417 e. The van der Waals surface area contributed by atoms with Crippen LogP contribution in [-0.2, 0) is 0 Å². The van der Waals surface area contributed by atoms with Crippen molar-refractivity contribution < 1.29 is 9.21 Å². The van der Waals surface area contributed by atoms with Crippen LogP contribution in [0.3, 0.4) is 0 Å². The second-order valence-electron chi connectivity index (χ2n) is 4.83. The molecule has 100 valence electrons. The highest BCUT2D eigenvalue weighted by atomic mass is 16.4. The zero-order chi connectivity index (χ0) is 13.4. The fourth-order valence-corrected chi connectivity index (χ4v) is 2.38. The van der Waals surface area contributed by atoms with Crippen molar-refractivity contribution in [3.63, 3.8) is 0 Å². The van der Waals surface area contributed by atoms with E-state index in [0.29, 0.717) is 35.8 Å². The van der Waals surface area contributed by atoms with Gasteiger partial charge in [-0.2, -0.15) is 0 Å². The summed E-state index contributed by atoms with van der Waals surface area (Å²) in [5.74, 6) is -0.521. The molecule has 19 heavy (non-hydrogen) atoms. The summed E-state index contributed by atoms with van der Waals surface area (Å²) in [6.07, 6.45) is 0. The van der Waals surface area contributed by atoms with Crippen molar-refractivity contribution in [2.24, 2.45) is 0 Å². The predicted molar refractivity (Wildman–Crippen MR) is 70.2 cm³/mol. The van der Waals surface area contributed by atoms with Crippen LogP contribution in [-0.4, -0.2) is 41.5 Å². The van der Waals surface area contributed by atoms with E-state index in [9.17, 15) is 9.59 Å². The Hall–Kier alpha value is -2.08. The number of oxazole rings is 1. The van der Waals surface area contributed by atoms with Crippen LogP contribution in [0.25, 0.3) is 11.1 Å². The summed E-state index contributed by atoms with van der Waals surface area (Å²) in [6.45, 7) is 4.25. The fraction of sp³-hybridized carbons (Fsp3) is 0.385. The number of aromatic nitrogens is 1. The Kier molecular flexibility index (Phi) is 2.87. The van der Waals surface area contributed by atoms with Crippen molar-refractivity contribution in [1.82, 2.24) is 15.2 Å². The highest BCUT2D eigenvalue weighted by Gasteiger charge is 2.21. The molecule has 1 atom stereocenters. The SMILES string of the molecule is CC1CN(C(=O)c2ccc3oc(=O)[nH]c3c2)CCN1. The lowest BCUT2D eigenvalue weighted by molar-refractivity contribution is 0.0709. The number of piperazine rings is 1. The summed E-state index contributed by atoms with van der Waals surface area (Å²) in [5, 5.41) is 3.29. The van der Waals surface area contributed by atoms with Gasteiger partial charge in [0.2, 0.25) is 0 Å². The number of benzene rings is 1. The number of hydrogen-bond acceptors (Lipinski definition) is 4. The summed E-state index contributed by atoms with van der Waals surface area (Å²) in [5.41, 5.74) is 1.59. The molecule has 6 heteroatoms. The van der Waals surface area contributed by atoms with Gasteiger partial charge in [-0.05, 0) is 25.1 Å². The third-order valence-corrected chi connectivity index (χ3v) is 3.32. The Morgan fingerprint density at radius 1 is 1.47 bits per heavy atom. The van der Waals surface area contributed by atoms with Gasteiger partial charge >= 0.3 is 5.76 Å². The lowest BCUT2D eigenvalue weighted by atomic mass is 10.1. The number of nitrogens with zero attached hydrogens (tertiary/aromatic N) is 1. The van der Waals surface area contributed by atoms with E-state index in [1.54, 1.807) is 18.2 Å². The first-order valence-electron chi connectivity index (χ1n) is 6.29. The molecule has 0 radical (unpaired) electrons. The first-order chi connectivity index (χ1) is 9.13. The third-order valence-electron chi connectivity index (χ3n) is 3.32. The van der Waals surface area contributed by atoms with Gasteiger partial charge in [0.1, 0.15) is 0 Å². The molecule has 0 spiro atoms. The molecule has 1 aromatic carbocycles. The third kappa shape index (κ3) is 2.26. The molecule has 0 saturated carbocycles. The van der Waals surface area contributed by atoms with Gasteiger partial charge in [0.25, 0.3) is 5.91 Å². The Morgan fingerprint density at radius 3 is 3.11 bits per heavy atom. The largest absolute Gasteiger partial charge is 0.417 e. The molecular weight excluding hydrogens is 246 g/mol. The second-order valence-corrected chi connectivity index (χ2v) is 4.83. The zero-order valence-electron chi connectivity index (χ0n) is 10.6. The van der Waals surface area contributed by atoms with Crippen molar-refractivity contribution in [2.45, 2.75) is 13.0 Å². The molecule has 2 aromatic rings. The number of carbonyl (C=O) groups is 1. The van der Waals surface area contributed by atoms with Crippen LogP contribution >= 0.6 is 0 Å². The van der Waals surface area contributed by atoms with E-state index in [2.05, 4.69) is 17.2 Å². The van der Waals surface area contributed by atoms with Gasteiger partial charge < -0.3 is 14.6 Å². The molecule has 0 aliphatic carbocycles. The summed E-state index contributed by atoms with van der Waals surface area (Å²) in [7, 11) is 0. The number of rotatable bonds is 1. The molecule has 1 aliphatic rings. The summed E-state index contributed by atoms with van der Waals surface area (Å²) in [6, 6.07) is 5.30. The van der Waals surface area contributed by atoms with Crippen LogP contribution < -0.4 is 11.1 Å². The molecule has 3 rings (SSSR count).